The molecule has 0 aromatic heterocycles. The SMILES string of the molecule is CCCCCCCCNC(C)c1ccc(Br)cc1Cl. The summed E-state index contributed by atoms with van der Waals surface area (Å²) in [5.41, 5.74) is 1.18. The molecule has 19 heavy (non-hydrogen) atoms. The Hall–Kier alpha value is -0.0500. The molecule has 1 N–H and O–H groups in total. The Bertz CT molecular complexity index is 368. The summed E-state index contributed by atoms with van der Waals surface area (Å²) in [5.74, 6) is 0. The van der Waals surface area contributed by atoms with Gasteiger partial charge in [-0.2, -0.15) is 0 Å². The van der Waals surface area contributed by atoms with Gasteiger partial charge in [-0.25, -0.2) is 0 Å². The Morgan fingerprint density at radius 1 is 1.16 bits per heavy atom. The summed E-state index contributed by atoms with van der Waals surface area (Å²) in [4.78, 5) is 0. The van der Waals surface area contributed by atoms with Crippen molar-refractivity contribution in [3.05, 3.63) is 33.3 Å². The van der Waals surface area contributed by atoms with Crippen LogP contribution in [0.4, 0.5) is 0 Å². The zero-order valence-electron chi connectivity index (χ0n) is 12.0. The van der Waals surface area contributed by atoms with Gasteiger partial charge in [0.1, 0.15) is 0 Å². The van der Waals surface area contributed by atoms with Crippen LogP contribution in [0.2, 0.25) is 5.02 Å². The number of benzene rings is 1. The highest BCUT2D eigenvalue weighted by atomic mass is 79.9. The van der Waals surface area contributed by atoms with Crippen LogP contribution in [0, 0.1) is 0 Å². The summed E-state index contributed by atoms with van der Waals surface area (Å²) >= 11 is 9.69. The number of rotatable bonds is 9. The second-order valence-corrected chi connectivity index (χ2v) is 6.43. The average Bonchev–Trinajstić information content (AvgIpc) is 2.37. The maximum absolute atomic E-state index is 6.25. The van der Waals surface area contributed by atoms with Crippen molar-refractivity contribution in [2.45, 2.75) is 58.4 Å². The molecule has 3 heteroatoms. The number of nitrogens with one attached hydrogen (secondary N) is 1. The summed E-state index contributed by atoms with van der Waals surface area (Å²) in [6, 6.07) is 6.41. The van der Waals surface area contributed by atoms with Crippen LogP contribution in [0.25, 0.3) is 0 Å². The minimum atomic E-state index is 0.316. The number of unbranched alkanes of at least 4 members (excludes halogenated alkanes) is 5. The Morgan fingerprint density at radius 3 is 2.53 bits per heavy atom. The zero-order chi connectivity index (χ0) is 14.1. The van der Waals surface area contributed by atoms with Crippen LogP contribution in [0.15, 0.2) is 22.7 Å². The van der Waals surface area contributed by atoms with E-state index >= 15 is 0 Å². The van der Waals surface area contributed by atoms with Crippen molar-refractivity contribution in [2.24, 2.45) is 0 Å². The molecule has 1 nitrogen and oxygen atoms in total. The molecule has 1 aromatic carbocycles. The smallest absolute Gasteiger partial charge is 0.0464 e. The first kappa shape index (κ1) is 17.0. The molecule has 0 spiro atoms. The highest BCUT2D eigenvalue weighted by Gasteiger charge is 2.08. The van der Waals surface area contributed by atoms with Crippen molar-refractivity contribution in [3.8, 4) is 0 Å². The molecular formula is C16H25BrClN. The lowest BCUT2D eigenvalue weighted by atomic mass is 10.1. The lowest BCUT2D eigenvalue weighted by Gasteiger charge is -2.16. The van der Waals surface area contributed by atoms with Crippen molar-refractivity contribution < 1.29 is 0 Å². The first-order chi connectivity index (χ1) is 9.15. The van der Waals surface area contributed by atoms with Gasteiger partial charge in [-0.15, -0.1) is 0 Å². The lowest BCUT2D eigenvalue weighted by Crippen LogP contribution is -2.20. The van der Waals surface area contributed by atoms with Gasteiger partial charge < -0.3 is 5.32 Å². The zero-order valence-corrected chi connectivity index (χ0v) is 14.4. The van der Waals surface area contributed by atoms with E-state index in [1.807, 2.05) is 12.1 Å². The van der Waals surface area contributed by atoms with Gasteiger partial charge in [0.25, 0.3) is 0 Å². The standard InChI is InChI=1S/C16H25BrClN/c1-3-4-5-6-7-8-11-19-13(2)15-10-9-14(17)12-16(15)18/h9-10,12-13,19H,3-8,11H2,1-2H3. The van der Waals surface area contributed by atoms with Gasteiger partial charge >= 0.3 is 0 Å². The van der Waals surface area contributed by atoms with Gasteiger partial charge in [0.15, 0.2) is 0 Å². The van der Waals surface area contributed by atoms with Crippen LogP contribution in [0.1, 0.15) is 64.0 Å². The van der Waals surface area contributed by atoms with Crippen LogP contribution in [0.5, 0.6) is 0 Å². The minimum absolute atomic E-state index is 0.316. The maximum atomic E-state index is 6.25. The summed E-state index contributed by atoms with van der Waals surface area (Å²) in [6.45, 7) is 5.50. The molecule has 1 unspecified atom stereocenters. The van der Waals surface area contributed by atoms with Gasteiger partial charge in [0.2, 0.25) is 0 Å². The van der Waals surface area contributed by atoms with Crippen molar-refractivity contribution in [2.75, 3.05) is 6.54 Å². The maximum Gasteiger partial charge on any atom is 0.0464 e. The fourth-order valence-electron chi connectivity index (χ4n) is 2.19. The Balaban J connectivity index is 2.22. The molecule has 0 heterocycles. The lowest BCUT2D eigenvalue weighted by molar-refractivity contribution is 0.527. The van der Waals surface area contributed by atoms with Crippen molar-refractivity contribution in [1.82, 2.24) is 5.32 Å². The topological polar surface area (TPSA) is 12.0 Å². The van der Waals surface area contributed by atoms with E-state index in [9.17, 15) is 0 Å². The van der Waals surface area contributed by atoms with E-state index in [0.717, 1.165) is 16.0 Å². The highest BCUT2D eigenvalue weighted by Crippen LogP contribution is 2.26. The molecular weight excluding hydrogens is 322 g/mol. The van der Waals surface area contributed by atoms with E-state index in [4.69, 9.17) is 11.6 Å². The van der Waals surface area contributed by atoms with E-state index < -0.39 is 0 Å². The molecule has 0 bridgehead atoms. The van der Waals surface area contributed by atoms with E-state index in [1.54, 1.807) is 0 Å². The van der Waals surface area contributed by atoms with E-state index in [1.165, 1.54) is 44.1 Å². The molecule has 108 valence electrons. The van der Waals surface area contributed by atoms with E-state index in [-0.39, 0.29) is 0 Å². The molecule has 0 fully saturated rings. The minimum Gasteiger partial charge on any atom is -0.310 e. The van der Waals surface area contributed by atoms with E-state index in [2.05, 4.69) is 41.2 Å². The van der Waals surface area contributed by atoms with Gasteiger partial charge in [-0.05, 0) is 37.6 Å². The van der Waals surface area contributed by atoms with Crippen LogP contribution >= 0.6 is 27.5 Å². The monoisotopic (exact) mass is 345 g/mol. The van der Waals surface area contributed by atoms with Gasteiger partial charge in [0.05, 0.1) is 0 Å². The Labute approximate surface area is 131 Å². The second-order valence-electron chi connectivity index (χ2n) is 5.11. The third-order valence-corrected chi connectivity index (χ3v) is 4.23. The molecule has 0 saturated carbocycles. The number of hydrogen-bond acceptors (Lipinski definition) is 1. The van der Waals surface area contributed by atoms with Crippen molar-refractivity contribution >= 4 is 27.5 Å². The molecule has 0 aliphatic rings. The van der Waals surface area contributed by atoms with Crippen molar-refractivity contribution in [3.63, 3.8) is 0 Å². The molecule has 0 aliphatic carbocycles. The molecule has 0 amide bonds. The first-order valence-corrected chi connectivity index (χ1v) is 8.50. The molecule has 1 atom stereocenters. The number of hydrogen-bond donors (Lipinski definition) is 1. The third-order valence-electron chi connectivity index (χ3n) is 3.41. The largest absolute Gasteiger partial charge is 0.310 e. The van der Waals surface area contributed by atoms with Gasteiger partial charge in [-0.1, -0.05) is 72.6 Å². The summed E-state index contributed by atoms with van der Waals surface area (Å²) in [6.07, 6.45) is 8.01. The van der Waals surface area contributed by atoms with E-state index in [0.29, 0.717) is 6.04 Å². The molecule has 1 rings (SSSR count). The average molecular weight is 347 g/mol. The Kier molecular flexibility index (Phi) is 8.76. The van der Waals surface area contributed by atoms with Crippen LogP contribution < -0.4 is 5.32 Å². The van der Waals surface area contributed by atoms with Crippen LogP contribution in [-0.4, -0.2) is 6.54 Å². The van der Waals surface area contributed by atoms with Crippen LogP contribution in [-0.2, 0) is 0 Å². The van der Waals surface area contributed by atoms with Crippen molar-refractivity contribution in [1.29, 1.82) is 0 Å². The fourth-order valence-corrected chi connectivity index (χ4v) is 3.02. The summed E-state index contributed by atoms with van der Waals surface area (Å²) in [5, 5.41) is 4.38. The summed E-state index contributed by atoms with van der Waals surface area (Å²) in [7, 11) is 0. The quantitative estimate of drug-likeness (QED) is 0.532. The fraction of sp³-hybridized carbons (Fsp3) is 0.625. The Morgan fingerprint density at radius 2 is 1.84 bits per heavy atom. The van der Waals surface area contributed by atoms with Crippen LogP contribution in [0.3, 0.4) is 0 Å². The second kappa shape index (κ2) is 9.79. The third kappa shape index (κ3) is 6.78. The summed E-state index contributed by atoms with van der Waals surface area (Å²) < 4.78 is 1.03. The predicted octanol–water partition coefficient (Wildman–Crippen LogP) is 6.11. The molecule has 1 aromatic rings. The molecule has 0 aliphatic heterocycles. The normalized spacial score (nSPS) is 12.6. The predicted molar refractivity (Wildman–Crippen MR) is 88.9 cm³/mol. The number of halogens is 2. The molecule has 0 saturated heterocycles. The van der Waals surface area contributed by atoms with Gasteiger partial charge in [0, 0.05) is 15.5 Å². The van der Waals surface area contributed by atoms with Gasteiger partial charge in [-0.3, -0.25) is 0 Å². The highest BCUT2D eigenvalue weighted by molar-refractivity contribution is 9.10. The first-order valence-electron chi connectivity index (χ1n) is 7.33. The molecule has 0 radical (unpaired) electrons.